The Morgan fingerprint density at radius 3 is 2.67 bits per heavy atom. The van der Waals surface area contributed by atoms with E-state index < -0.39 is 0 Å². The van der Waals surface area contributed by atoms with E-state index in [0.29, 0.717) is 11.4 Å². The third kappa shape index (κ3) is 2.84. The van der Waals surface area contributed by atoms with Crippen LogP contribution in [0.4, 0.5) is 5.69 Å². The number of carbonyl (C=O) groups is 1. The Hall–Kier alpha value is -1.36. The summed E-state index contributed by atoms with van der Waals surface area (Å²) in [5.41, 5.74) is 4.20. The molecule has 3 nitrogen and oxygen atoms in total. The summed E-state index contributed by atoms with van der Waals surface area (Å²) < 4.78 is 0.875. The van der Waals surface area contributed by atoms with E-state index in [9.17, 15) is 4.79 Å². The largest absolute Gasteiger partial charge is 0.326 e. The Kier molecular flexibility index (Phi) is 4.02. The van der Waals surface area contributed by atoms with E-state index in [1.807, 2.05) is 37.4 Å². The van der Waals surface area contributed by atoms with Gasteiger partial charge in [-0.15, -0.1) is 0 Å². The summed E-state index contributed by atoms with van der Waals surface area (Å²) in [6.07, 6.45) is 0.448. The molecule has 0 bridgehead atoms. The first kappa shape index (κ1) is 14.6. The van der Waals surface area contributed by atoms with Crippen molar-refractivity contribution in [3.8, 4) is 0 Å². The van der Waals surface area contributed by atoms with Gasteiger partial charge in [-0.2, -0.15) is 0 Å². The van der Waals surface area contributed by atoms with Gasteiger partial charge in [-0.1, -0.05) is 29.8 Å². The number of halogens is 2. The van der Waals surface area contributed by atoms with Crippen molar-refractivity contribution in [3.63, 3.8) is 0 Å². The van der Waals surface area contributed by atoms with Crippen LogP contribution >= 0.6 is 27.5 Å². The van der Waals surface area contributed by atoms with Crippen molar-refractivity contribution in [1.29, 1.82) is 0 Å². The molecule has 0 fully saturated rings. The lowest BCUT2D eigenvalue weighted by Gasteiger charge is -2.18. The van der Waals surface area contributed by atoms with Crippen LogP contribution in [-0.2, 0) is 11.2 Å². The van der Waals surface area contributed by atoms with Crippen molar-refractivity contribution in [3.05, 3.63) is 62.6 Å². The van der Waals surface area contributed by atoms with Crippen LogP contribution in [-0.4, -0.2) is 13.0 Å². The van der Waals surface area contributed by atoms with Crippen molar-refractivity contribution in [2.75, 3.05) is 12.4 Å². The van der Waals surface area contributed by atoms with Crippen molar-refractivity contribution < 1.29 is 4.79 Å². The van der Waals surface area contributed by atoms with Gasteiger partial charge in [0.2, 0.25) is 5.91 Å². The van der Waals surface area contributed by atoms with Crippen molar-refractivity contribution in [1.82, 2.24) is 5.32 Å². The molecule has 108 valence electrons. The minimum Gasteiger partial charge on any atom is -0.326 e. The predicted octanol–water partition coefficient (Wildman–Crippen LogP) is 3.91. The third-order valence-corrected chi connectivity index (χ3v) is 4.87. The van der Waals surface area contributed by atoms with E-state index in [0.717, 1.165) is 26.9 Å². The van der Waals surface area contributed by atoms with Crippen LogP contribution in [0.2, 0.25) is 5.02 Å². The number of carbonyl (C=O) groups excluding carboxylic acids is 1. The number of amides is 1. The molecule has 1 amide bonds. The Morgan fingerprint density at radius 2 is 1.95 bits per heavy atom. The monoisotopic (exact) mass is 364 g/mol. The molecule has 1 heterocycles. The van der Waals surface area contributed by atoms with E-state index >= 15 is 0 Å². The first-order chi connectivity index (χ1) is 10.1. The Morgan fingerprint density at radius 1 is 1.24 bits per heavy atom. The van der Waals surface area contributed by atoms with Gasteiger partial charge in [0.15, 0.2) is 0 Å². The Labute approximate surface area is 136 Å². The lowest BCUT2D eigenvalue weighted by Crippen LogP contribution is -2.17. The average Bonchev–Trinajstić information content (AvgIpc) is 2.83. The molecule has 5 heteroatoms. The molecular formula is C16H14BrClN2O. The summed E-state index contributed by atoms with van der Waals surface area (Å²) in [6.45, 7) is 0. The number of nitrogens with one attached hydrogen (secondary N) is 2. The van der Waals surface area contributed by atoms with Crippen LogP contribution in [0.1, 0.15) is 22.7 Å². The molecule has 2 aromatic rings. The van der Waals surface area contributed by atoms with Crippen molar-refractivity contribution in [2.45, 2.75) is 12.5 Å². The highest BCUT2D eigenvalue weighted by Crippen LogP contribution is 2.32. The molecule has 0 aliphatic carbocycles. The van der Waals surface area contributed by atoms with E-state index in [1.54, 1.807) is 0 Å². The maximum Gasteiger partial charge on any atom is 0.228 e. The second-order valence-electron chi connectivity index (χ2n) is 5.04. The molecule has 0 spiro atoms. The fourth-order valence-corrected chi connectivity index (χ4v) is 3.16. The van der Waals surface area contributed by atoms with Crippen LogP contribution in [0, 0.1) is 0 Å². The van der Waals surface area contributed by atoms with Gasteiger partial charge in [0, 0.05) is 10.2 Å². The van der Waals surface area contributed by atoms with Gasteiger partial charge in [-0.3, -0.25) is 4.79 Å². The lowest BCUT2D eigenvalue weighted by molar-refractivity contribution is -0.115. The molecule has 3 rings (SSSR count). The normalized spacial score (nSPS) is 14.7. The molecule has 0 saturated heterocycles. The highest BCUT2D eigenvalue weighted by molar-refractivity contribution is 9.10. The van der Waals surface area contributed by atoms with Gasteiger partial charge in [-0.05, 0) is 57.9 Å². The van der Waals surface area contributed by atoms with Crippen LogP contribution in [0.5, 0.6) is 0 Å². The number of anilines is 1. The SMILES string of the molecule is CNC(c1ccc(Cl)c(Br)c1)c1ccc2c(c1)CC(=O)N2. The first-order valence-electron chi connectivity index (χ1n) is 6.63. The van der Waals surface area contributed by atoms with E-state index in [4.69, 9.17) is 11.6 Å². The maximum atomic E-state index is 11.5. The summed E-state index contributed by atoms with van der Waals surface area (Å²) in [7, 11) is 1.92. The van der Waals surface area contributed by atoms with Crippen LogP contribution in [0.25, 0.3) is 0 Å². The summed E-state index contributed by atoms with van der Waals surface area (Å²) in [4.78, 5) is 11.5. The molecule has 2 aromatic carbocycles. The Balaban J connectivity index is 1.98. The molecule has 0 aromatic heterocycles. The number of benzene rings is 2. The van der Waals surface area contributed by atoms with E-state index in [1.165, 1.54) is 0 Å². The second-order valence-corrected chi connectivity index (χ2v) is 6.30. The molecule has 0 saturated carbocycles. The van der Waals surface area contributed by atoms with Gasteiger partial charge in [0.1, 0.15) is 0 Å². The zero-order valence-electron chi connectivity index (χ0n) is 11.4. The number of fused-ring (bicyclic) bond motifs is 1. The molecule has 0 radical (unpaired) electrons. The number of rotatable bonds is 3. The Bertz CT molecular complexity index is 717. The van der Waals surface area contributed by atoms with E-state index in [-0.39, 0.29) is 11.9 Å². The summed E-state index contributed by atoms with van der Waals surface area (Å²) in [5, 5.41) is 6.86. The average molecular weight is 366 g/mol. The highest BCUT2D eigenvalue weighted by Gasteiger charge is 2.20. The fraction of sp³-hybridized carbons (Fsp3) is 0.188. The summed E-state index contributed by atoms with van der Waals surface area (Å²) in [6, 6.07) is 12.0. The summed E-state index contributed by atoms with van der Waals surface area (Å²) >= 11 is 9.51. The van der Waals surface area contributed by atoms with Gasteiger partial charge < -0.3 is 10.6 Å². The van der Waals surface area contributed by atoms with E-state index in [2.05, 4.69) is 32.6 Å². The molecule has 2 N–H and O–H groups in total. The minimum atomic E-state index is 0.0531. The topological polar surface area (TPSA) is 41.1 Å². The number of hydrogen-bond donors (Lipinski definition) is 2. The standard InChI is InChI=1S/C16H14BrClN2O/c1-19-16(10-2-4-13(18)12(17)7-10)9-3-5-14-11(6-9)8-15(21)20-14/h2-7,16,19H,8H2,1H3,(H,20,21). The van der Waals surface area contributed by atoms with Crippen LogP contribution in [0.3, 0.4) is 0 Å². The zero-order valence-corrected chi connectivity index (χ0v) is 13.8. The van der Waals surface area contributed by atoms with Crippen LogP contribution in [0.15, 0.2) is 40.9 Å². The van der Waals surface area contributed by atoms with Gasteiger partial charge in [-0.25, -0.2) is 0 Å². The molecule has 21 heavy (non-hydrogen) atoms. The first-order valence-corrected chi connectivity index (χ1v) is 7.80. The lowest BCUT2D eigenvalue weighted by atomic mass is 9.96. The third-order valence-electron chi connectivity index (χ3n) is 3.65. The fourth-order valence-electron chi connectivity index (χ4n) is 2.65. The van der Waals surface area contributed by atoms with Gasteiger partial charge >= 0.3 is 0 Å². The second kappa shape index (κ2) is 5.79. The van der Waals surface area contributed by atoms with Crippen LogP contribution < -0.4 is 10.6 Å². The highest BCUT2D eigenvalue weighted by atomic mass is 79.9. The molecule has 1 aliphatic rings. The van der Waals surface area contributed by atoms with Gasteiger partial charge in [0.25, 0.3) is 0 Å². The van der Waals surface area contributed by atoms with Crippen molar-refractivity contribution >= 4 is 39.1 Å². The van der Waals surface area contributed by atoms with Crippen molar-refractivity contribution in [2.24, 2.45) is 0 Å². The predicted molar refractivity (Wildman–Crippen MR) is 88.8 cm³/mol. The summed E-state index contributed by atoms with van der Waals surface area (Å²) in [5.74, 6) is 0.0531. The molecule has 1 unspecified atom stereocenters. The maximum absolute atomic E-state index is 11.5. The molecule has 1 atom stereocenters. The minimum absolute atomic E-state index is 0.0531. The number of hydrogen-bond acceptors (Lipinski definition) is 2. The zero-order chi connectivity index (χ0) is 15.0. The smallest absolute Gasteiger partial charge is 0.228 e. The molecule has 1 aliphatic heterocycles. The van der Waals surface area contributed by atoms with Gasteiger partial charge in [0.05, 0.1) is 17.5 Å². The molecular weight excluding hydrogens is 352 g/mol. The quantitative estimate of drug-likeness (QED) is 0.866.